The van der Waals surface area contributed by atoms with Crippen LogP contribution in [0, 0.1) is 5.41 Å². The van der Waals surface area contributed by atoms with Crippen molar-refractivity contribution in [1.29, 1.82) is 0 Å². The summed E-state index contributed by atoms with van der Waals surface area (Å²) in [7, 11) is 0. The SMILES string of the molecule is CC1(C)CCC(n2nnc3c(C(=O)O)cccc32)CC1. The average molecular weight is 273 g/mol. The number of rotatable bonds is 2. The molecule has 0 bridgehead atoms. The summed E-state index contributed by atoms with van der Waals surface area (Å²) in [5.41, 5.74) is 1.95. The Morgan fingerprint density at radius 2 is 2.05 bits per heavy atom. The first-order chi connectivity index (χ1) is 9.48. The molecule has 1 aromatic heterocycles. The van der Waals surface area contributed by atoms with Crippen molar-refractivity contribution in [2.75, 3.05) is 0 Å². The Morgan fingerprint density at radius 3 is 2.70 bits per heavy atom. The van der Waals surface area contributed by atoms with E-state index in [4.69, 9.17) is 0 Å². The largest absolute Gasteiger partial charge is 0.478 e. The second-order valence-corrected chi connectivity index (χ2v) is 6.41. The summed E-state index contributed by atoms with van der Waals surface area (Å²) in [5, 5.41) is 17.5. The van der Waals surface area contributed by atoms with Crippen LogP contribution in [0.3, 0.4) is 0 Å². The van der Waals surface area contributed by atoms with Gasteiger partial charge < -0.3 is 5.11 Å². The fourth-order valence-corrected chi connectivity index (χ4v) is 3.03. The molecule has 1 aliphatic carbocycles. The molecule has 5 nitrogen and oxygen atoms in total. The molecule has 5 heteroatoms. The Hall–Kier alpha value is -1.91. The third kappa shape index (κ3) is 2.17. The molecule has 1 aliphatic rings. The maximum absolute atomic E-state index is 11.2. The zero-order valence-electron chi connectivity index (χ0n) is 11.8. The van der Waals surface area contributed by atoms with Crippen LogP contribution in [0.1, 0.15) is 55.9 Å². The molecule has 0 atom stereocenters. The van der Waals surface area contributed by atoms with Crippen LogP contribution < -0.4 is 0 Å². The molecule has 0 aliphatic heterocycles. The van der Waals surface area contributed by atoms with Gasteiger partial charge in [-0.3, -0.25) is 0 Å². The quantitative estimate of drug-likeness (QED) is 0.911. The topological polar surface area (TPSA) is 68.0 Å². The lowest BCUT2D eigenvalue weighted by Crippen LogP contribution is -2.24. The Bertz CT molecular complexity index is 650. The molecule has 3 rings (SSSR count). The van der Waals surface area contributed by atoms with Gasteiger partial charge in [-0.25, -0.2) is 9.48 Å². The highest BCUT2D eigenvalue weighted by Gasteiger charge is 2.29. The van der Waals surface area contributed by atoms with Gasteiger partial charge in [0.2, 0.25) is 0 Å². The van der Waals surface area contributed by atoms with Gasteiger partial charge in [0.15, 0.2) is 0 Å². The van der Waals surface area contributed by atoms with Crippen LogP contribution in [0.15, 0.2) is 18.2 Å². The summed E-state index contributed by atoms with van der Waals surface area (Å²) >= 11 is 0. The van der Waals surface area contributed by atoms with E-state index in [1.165, 1.54) is 0 Å². The predicted octanol–water partition coefficient (Wildman–Crippen LogP) is 3.27. The molecule has 1 fully saturated rings. The monoisotopic (exact) mass is 273 g/mol. The molecular formula is C15H19N3O2. The molecule has 1 heterocycles. The highest BCUT2D eigenvalue weighted by Crippen LogP contribution is 2.40. The third-order valence-corrected chi connectivity index (χ3v) is 4.39. The van der Waals surface area contributed by atoms with Crippen molar-refractivity contribution in [2.24, 2.45) is 5.41 Å². The fraction of sp³-hybridized carbons (Fsp3) is 0.533. The van der Waals surface area contributed by atoms with E-state index < -0.39 is 5.97 Å². The number of hydrogen-bond acceptors (Lipinski definition) is 3. The van der Waals surface area contributed by atoms with Gasteiger partial charge >= 0.3 is 5.97 Å². The zero-order valence-corrected chi connectivity index (χ0v) is 11.8. The highest BCUT2D eigenvalue weighted by atomic mass is 16.4. The van der Waals surface area contributed by atoms with Crippen molar-refractivity contribution >= 4 is 17.0 Å². The number of fused-ring (bicyclic) bond motifs is 1. The lowest BCUT2D eigenvalue weighted by Gasteiger charge is -2.34. The number of carboxylic acid groups (broad SMARTS) is 1. The second kappa shape index (κ2) is 4.58. The van der Waals surface area contributed by atoms with Crippen molar-refractivity contribution in [3.8, 4) is 0 Å². The second-order valence-electron chi connectivity index (χ2n) is 6.41. The average Bonchev–Trinajstić information content (AvgIpc) is 2.82. The summed E-state index contributed by atoms with van der Waals surface area (Å²) in [5.74, 6) is -0.951. The van der Waals surface area contributed by atoms with Gasteiger partial charge in [0.1, 0.15) is 5.52 Å². The van der Waals surface area contributed by atoms with E-state index in [1.807, 2.05) is 10.7 Å². The summed E-state index contributed by atoms with van der Waals surface area (Å²) in [6.45, 7) is 4.59. The zero-order chi connectivity index (χ0) is 14.3. The van der Waals surface area contributed by atoms with Crippen molar-refractivity contribution < 1.29 is 9.90 Å². The lowest BCUT2D eigenvalue weighted by atomic mass is 9.75. The first-order valence-corrected chi connectivity index (χ1v) is 7.05. The molecule has 0 unspecified atom stereocenters. The van der Waals surface area contributed by atoms with E-state index in [1.54, 1.807) is 12.1 Å². The number of nitrogens with zero attached hydrogens (tertiary/aromatic N) is 3. The summed E-state index contributed by atoms with van der Waals surface area (Å²) in [4.78, 5) is 11.2. The summed E-state index contributed by atoms with van der Waals surface area (Å²) < 4.78 is 1.91. The number of carboxylic acids is 1. The number of benzene rings is 1. The standard InChI is InChI=1S/C15H19N3O2/c1-15(2)8-6-10(7-9-15)18-12-5-3-4-11(14(19)20)13(12)16-17-18/h3-5,10H,6-9H2,1-2H3,(H,19,20). The van der Waals surface area contributed by atoms with Gasteiger partial charge in [-0.1, -0.05) is 25.1 Å². The Kier molecular flexibility index (Phi) is 3.00. The van der Waals surface area contributed by atoms with Gasteiger partial charge in [0.05, 0.1) is 17.1 Å². The molecule has 1 saturated carbocycles. The molecule has 20 heavy (non-hydrogen) atoms. The van der Waals surface area contributed by atoms with Gasteiger partial charge in [-0.05, 0) is 43.2 Å². The van der Waals surface area contributed by atoms with Crippen molar-refractivity contribution in [3.63, 3.8) is 0 Å². The maximum Gasteiger partial charge on any atom is 0.338 e. The van der Waals surface area contributed by atoms with Crippen molar-refractivity contribution in [2.45, 2.75) is 45.6 Å². The fourth-order valence-electron chi connectivity index (χ4n) is 3.03. The van der Waals surface area contributed by atoms with Crippen molar-refractivity contribution in [3.05, 3.63) is 23.8 Å². The van der Waals surface area contributed by atoms with E-state index in [2.05, 4.69) is 24.2 Å². The van der Waals surface area contributed by atoms with Crippen LogP contribution in [0.25, 0.3) is 11.0 Å². The first kappa shape index (κ1) is 13.1. The predicted molar refractivity (Wildman–Crippen MR) is 75.8 cm³/mol. The Labute approximate surface area is 117 Å². The third-order valence-electron chi connectivity index (χ3n) is 4.39. The van der Waals surface area contributed by atoms with E-state index in [0.717, 1.165) is 31.2 Å². The molecule has 0 saturated heterocycles. The highest BCUT2D eigenvalue weighted by molar-refractivity contribution is 6.00. The molecule has 1 N–H and O–H groups in total. The van der Waals surface area contributed by atoms with Crippen molar-refractivity contribution in [1.82, 2.24) is 15.0 Å². The molecule has 0 spiro atoms. The number of aromatic carboxylic acids is 1. The van der Waals surface area contributed by atoms with Gasteiger partial charge in [0.25, 0.3) is 0 Å². The van der Waals surface area contributed by atoms with Crippen LogP contribution in [0.5, 0.6) is 0 Å². The molecule has 2 aromatic rings. The summed E-state index contributed by atoms with van der Waals surface area (Å²) in [6.07, 6.45) is 4.47. The first-order valence-electron chi connectivity index (χ1n) is 7.05. The van der Waals surface area contributed by atoms with Crippen LogP contribution in [-0.2, 0) is 0 Å². The van der Waals surface area contributed by atoms with E-state index >= 15 is 0 Å². The smallest absolute Gasteiger partial charge is 0.338 e. The minimum atomic E-state index is -0.951. The van der Waals surface area contributed by atoms with Gasteiger partial charge in [-0.2, -0.15) is 0 Å². The number of aromatic nitrogens is 3. The lowest BCUT2D eigenvalue weighted by molar-refractivity contribution is 0.0699. The maximum atomic E-state index is 11.2. The van der Waals surface area contributed by atoms with Gasteiger partial charge in [0, 0.05) is 0 Å². The van der Waals surface area contributed by atoms with E-state index in [-0.39, 0.29) is 5.56 Å². The van der Waals surface area contributed by atoms with Crippen LogP contribution >= 0.6 is 0 Å². The molecule has 106 valence electrons. The van der Waals surface area contributed by atoms with Crippen LogP contribution in [0.4, 0.5) is 0 Å². The Balaban J connectivity index is 1.98. The summed E-state index contributed by atoms with van der Waals surface area (Å²) in [6, 6.07) is 5.57. The number of carbonyl (C=O) groups is 1. The number of hydrogen-bond donors (Lipinski definition) is 1. The molecule has 0 amide bonds. The molecular weight excluding hydrogens is 254 g/mol. The molecule has 1 aromatic carbocycles. The molecule has 0 radical (unpaired) electrons. The van der Waals surface area contributed by atoms with E-state index in [0.29, 0.717) is 17.0 Å². The minimum absolute atomic E-state index is 0.227. The van der Waals surface area contributed by atoms with Crippen LogP contribution in [0.2, 0.25) is 0 Å². The minimum Gasteiger partial charge on any atom is -0.478 e. The Morgan fingerprint density at radius 1 is 1.35 bits per heavy atom. The van der Waals surface area contributed by atoms with Crippen LogP contribution in [-0.4, -0.2) is 26.1 Å². The normalized spacial score (nSPS) is 19.3. The van der Waals surface area contributed by atoms with E-state index in [9.17, 15) is 9.90 Å². The van der Waals surface area contributed by atoms with Gasteiger partial charge in [-0.15, -0.1) is 5.10 Å².